The Morgan fingerprint density at radius 3 is 2.45 bits per heavy atom. The summed E-state index contributed by atoms with van der Waals surface area (Å²) in [5.41, 5.74) is 1.66. The quantitative estimate of drug-likeness (QED) is 0.648. The molecule has 0 spiro atoms. The maximum Gasteiger partial charge on any atom is 0.415 e. The maximum atomic E-state index is 12.5. The van der Waals surface area contributed by atoms with Crippen LogP contribution in [-0.2, 0) is 11.3 Å². The van der Waals surface area contributed by atoms with Crippen LogP contribution in [0.4, 0.5) is 18.9 Å². The summed E-state index contributed by atoms with van der Waals surface area (Å²) in [6, 6.07) is 5.40. The molecule has 110 valence electrons. The number of halogens is 3. The number of nitrogens with two attached hydrogens (primary N) is 1. The molecule has 0 aliphatic carbocycles. The lowest BCUT2D eigenvalue weighted by molar-refractivity contribution is -0.385. The number of nitro groups is 1. The number of rotatable bonds is 4. The number of nitrogens with one attached hydrogen (secondary N) is 1. The van der Waals surface area contributed by atoms with Crippen molar-refractivity contribution in [3.05, 3.63) is 39.9 Å². The van der Waals surface area contributed by atoms with Gasteiger partial charge < -0.3 is 11.1 Å². The van der Waals surface area contributed by atoms with Crippen molar-refractivity contribution < 1.29 is 22.9 Å². The van der Waals surface area contributed by atoms with Crippen LogP contribution >= 0.6 is 0 Å². The van der Waals surface area contributed by atoms with Crippen molar-refractivity contribution in [3.63, 3.8) is 0 Å². The molecule has 1 aromatic carbocycles. The van der Waals surface area contributed by atoms with E-state index in [0.29, 0.717) is 6.92 Å². The van der Waals surface area contributed by atoms with Crippen molar-refractivity contribution in [3.8, 4) is 0 Å². The lowest BCUT2D eigenvalue weighted by atomic mass is 10.0. The first-order chi connectivity index (χ1) is 9.07. The summed E-state index contributed by atoms with van der Waals surface area (Å²) in [5, 5.41) is 12.7. The molecule has 0 fully saturated rings. The lowest BCUT2D eigenvalue weighted by Gasteiger charge is -2.26. The Labute approximate surface area is 111 Å². The Balaban J connectivity index is 2.84. The van der Waals surface area contributed by atoms with Crippen molar-refractivity contribution in [2.75, 3.05) is 0 Å². The molecule has 0 saturated heterocycles. The van der Waals surface area contributed by atoms with Gasteiger partial charge in [0.2, 0.25) is 5.91 Å². The van der Waals surface area contributed by atoms with Gasteiger partial charge >= 0.3 is 6.18 Å². The molecule has 0 radical (unpaired) electrons. The van der Waals surface area contributed by atoms with Crippen LogP contribution in [0.2, 0.25) is 0 Å². The van der Waals surface area contributed by atoms with E-state index in [4.69, 9.17) is 5.73 Å². The van der Waals surface area contributed by atoms with E-state index in [2.05, 4.69) is 0 Å². The topological polar surface area (TPSA) is 98.3 Å². The molecule has 1 rings (SSSR count). The fraction of sp³-hybridized carbons (Fsp3) is 0.364. The largest absolute Gasteiger partial charge is 0.415 e. The smallest absolute Gasteiger partial charge is 0.350 e. The SMILES string of the molecule is CC(N)(C(=O)NCc1ccccc1[N+](=O)[O-])C(F)(F)F. The third-order valence-electron chi connectivity index (χ3n) is 2.69. The minimum atomic E-state index is -4.92. The van der Waals surface area contributed by atoms with Gasteiger partial charge in [0.1, 0.15) is 0 Å². The van der Waals surface area contributed by atoms with E-state index >= 15 is 0 Å². The molecule has 0 saturated carbocycles. The van der Waals surface area contributed by atoms with Crippen LogP contribution < -0.4 is 11.1 Å². The van der Waals surface area contributed by atoms with Crippen LogP contribution in [0, 0.1) is 10.1 Å². The highest BCUT2D eigenvalue weighted by Gasteiger charge is 2.53. The number of amides is 1. The van der Waals surface area contributed by atoms with E-state index in [-0.39, 0.29) is 11.3 Å². The van der Waals surface area contributed by atoms with Crippen molar-refractivity contribution in [2.24, 2.45) is 5.73 Å². The van der Waals surface area contributed by atoms with E-state index in [9.17, 15) is 28.1 Å². The van der Waals surface area contributed by atoms with Gasteiger partial charge in [-0.25, -0.2) is 0 Å². The van der Waals surface area contributed by atoms with Gasteiger partial charge in [0.25, 0.3) is 5.69 Å². The molecule has 0 bridgehead atoms. The first kappa shape index (κ1) is 15.9. The van der Waals surface area contributed by atoms with E-state index in [1.165, 1.54) is 24.3 Å². The zero-order chi connectivity index (χ0) is 15.6. The van der Waals surface area contributed by atoms with Crippen molar-refractivity contribution in [1.29, 1.82) is 0 Å². The van der Waals surface area contributed by atoms with Gasteiger partial charge in [-0.05, 0) is 6.92 Å². The monoisotopic (exact) mass is 291 g/mol. The van der Waals surface area contributed by atoms with Crippen LogP contribution in [0.1, 0.15) is 12.5 Å². The van der Waals surface area contributed by atoms with Gasteiger partial charge in [0, 0.05) is 18.2 Å². The Morgan fingerprint density at radius 1 is 1.40 bits per heavy atom. The summed E-state index contributed by atoms with van der Waals surface area (Å²) in [5.74, 6) is -1.46. The number of hydrogen-bond acceptors (Lipinski definition) is 4. The molecule has 1 amide bonds. The normalized spacial score (nSPS) is 14.4. The van der Waals surface area contributed by atoms with Gasteiger partial charge in [0.15, 0.2) is 5.54 Å². The van der Waals surface area contributed by atoms with E-state index in [1.54, 1.807) is 0 Å². The van der Waals surface area contributed by atoms with Crippen molar-refractivity contribution in [2.45, 2.75) is 25.2 Å². The van der Waals surface area contributed by atoms with E-state index in [1.807, 2.05) is 5.32 Å². The Kier molecular flexibility index (Phi) is 4.33. The highest BCUT2D eigenvalue weighted by molar-refractivity contribution is 5.86. The average Bonchev–Trinajstić information content (AvgIpc) is 2.34. The Hall–Kier alpha value is -2.16. The van der Waals surface area contributed by atoms with Crippen molar-refractivity contribution >= 4 is 11.6 Å². The highest BCUT2D eigenvalue weighted by atomic mass is 19.4. The number of carbonyl (C=O) groups is 1. The minimum Gasteiger partial charge on any atom is -0.350 e. The molecule has 1 aromatic rings. The second-order valence-corrected chi connectivity index (χ2v) is 4.27. The maximum absolute atomic E-state index is 12.5. The summed E-state index contributed by atoms with van der Waals surface area (Å²) in [6.45, 7) is 0.112. The van der Waals surface area contributed by atoms with Gasteiger partial charge in [-0.1, -0.05) is 18.2 Å². The minimum absolute atomic E-state index is 0.0869. The summed E-state index contributed by atoms with van der Waals surface area (Å²) < 4.78 is 37.6. The molecule has 1 atom stereocenters. The first-order valence-electron chi connectivity index (χ1n) is 5.43. The number of nitrogens with zero attached hydrogens (tertiary/aromatic N) is 1. The van der Waals surface area contributed by atoms with E-state index < -0.39 is 29.1 Å². The number of benzene rings is 1. The summed E-state index contributed by atoms with van der Waals surface area (Å²) >= 11 is 0. The lowest BCUT2D eigenvalue weighted by Crippen LogP contribution is -2.61. The summed E-state index contributed by atoms with van der Waals surface area (Å²) in [6.07, 6.45) is -4.92. The first-order valence-corrected chi connectivity index (χ1v) is 5.43. The van der Waals surface area contributed by atoms with Crippen LogP contribution in [0.15, 0.2) is 24.3 Å². The van der Waals surface area contributed by atoms with Gasteiger partial charge in [-0.2, -0.15) is 13.2 Å². The van der Waals surface area contributed by atoms with Gasteiger partial charge in [-0.3, -0.25) is 14.9 Å². The second-order valence-electron chi connectivity index (χ2n) is 4.27. The number of nitro benzene ring substituents is 1. The molecule has 6 nitrogen and oxygen atoms in total. The Morgan fingerprint density at radius 2 is 1.95 bits per heavy atom. The fourth-order valence-corrected chi connectivity index (χ4v) is 1.33. The molecule has 0 aromatic heterocycles. The van der Waals surface area contributed by atoms with Crippen LogP contribution in [-0.4, -0.2) is 22.5 Å². The third-order valence-corrected chi connectivity index (χ3v) is 2.69. The molecule has 20 heavy (non-hydrogen) atoms. The number of carbonyl (C=O) groups excluding carboxylic acids is 1. The number of para-hydroxylation sites is 1. The molecule has 3 N–H and O–H groups in total. The molecule has 0 aliphatic rings. The molecular weight excluding hydrogens is 279 g/mol. The predicted octanol–water partition coefficient (Wildman–Crippen LogP) is 1.49. The molecule has 9 heteroatoms. The van der Waals surface area contributed by atoms with E-state index in [0.717, 1.165) is 0 Å². The average molecular weight is 291 g/mol. The van der Waals surface area contributed by atoms with Gasteiger partial charge in [0.05, 0.1) is 4.92 Å². The fourth-order valence-electron chi connectivity index (χ4n) is 1.33. The summed E-state index contributed by atoms with van der Waals surface area (Å²) in [7, 11) is 0. The van der Waals surface area contributed by atoms with Crippen LogP contribution in [0.25, 0.3) is 0 Å². The number of alkyl halides is 3. The second kappa shape index (κ2) is 5.45. The standard InChI is InChI=1S/C11H12F3N3O3/c1-10(15,11(12,13)14)9(18)16-6-7-4-2-3-5-8(7)17(19)20/h2-5H,6,15H2,1H3,(H,16,18). The molecule has 1 unspecified atom stereocenters. The predicted molar refractivity (Wildman–Crippen MR) is 63.6 cm³/mol. The van der Waals surface area contributed by atoms with Crippen LogP contribution in [0.5, 0.6) is 0 Å². The van der Waals surface area contributed by atoms with Gasteiger partial charge in [-0.15, -0.1) is 0 Å². The van der Waals surface area contributed by atoms with Crippen molar-refractivity contribution in [1.82, 2.24) is 5.32 Å². The van der Waals surface area contributed by atoms with Crippen LogP contribution in [0.3, 0.4) is 0 Å². The number of hydrogen-bond donors (Lipinski definition) is 2. The zero-order valence-electron chi connectivity index (χ0n) is 10.4. The summed E-state index contributed by atoms with van der Waals surface area (Å²) in [4.78, 5) is 21.5. The zero-order valence-corrected chi connectivity index (χ0v) is 10.4. The highest BCUT2D eigenvalue weighted by Crippen LogP contribution is 2.28. The molecular formula is C11H12F3N3O3. The molecule has 0 heterocycles. The molecule has 0 aliphatic heterocycles. The Bertz CT molecular complexity index is 529. The third kappa shape index (κ3) is 3.23.